The number of halogens is 4. The van der Waals surface area contributed by atoms with Gasteiger partial charge in [0.2, 0.25) is 6.10 Å². The molecule has 0 bridgehead atoms. The van der Waals surface area contributed by atoms with Crippen LogP contribution in [0.5, 0.6) is 0 Å². The van der Waals surface area contributed by atoms with Crippen molar-refractivity contribution in [3.8, 4) is 0 Å². The number of carbonyl (C=O) groups excluding carboxylic acids is 2. The van der Waals surface area contributed by atoms with E-state index in [1.54, 1.807) is 0 Å². The Morgan fingerprint density at radius 3 is 2.62 bits per heavy atom. The molecule has 0 radical (unpaired) electrons. The van der Waals surface area contributed by atoms with E-state index in [0.717, 1.165) is 5.01 Å². The van der Waals surface area contributed by atoms with E-state index in [1.165, 1.54) is 14.0 Å². The number of anilines is 1. The van der Waals surface area contributed by atoms with Crippen LogP contribution in [0.15, 0.2) is 17.4 Å². The second-order valence-corrected chi connectivity index (χ2v) is 5.36. The number of hydrogen-bond acceptors (Lipinski definition) is 6. The molecular formula is C13H12ClF3N4O3. The molecule has 0 saturated heterocycles. The van der Waals surface area contributed by atoms with Crippen LogP contribution in [0.4, 0.5) is 19.0 Å². The molecule has 1 aromatic rings. The molecule has 11 heteroatoms. The van der Waals surface area contributed by atoms with Crippen LogP contribution in [-0.4, -0.2) is 35.5 Å². The summed E-state index contributed by atoms with van der Waals surface area (Å²) < 4.78 is 37.7. The van der Waals surface area contributed by atoms with Crippen LogP contribution in [0.25, 0.3) is 0 Å². The summed E-state index contributed by atoms with van der Waals surface area (Å²) in [5, 5.41) is 4.26. The highest BCUT2D eigenvalue weighted by molar-refractivity contribution is 6.39. The molecule has 0 aliphatic carbocycles. The lowest BCUT2D eigenvalue weighted by Crippen LogP contribution is -2.45. The summed E-state index contributed by atoms with van der Waals surface area (Å²) in [6, 6.07) is 0.704. The quantitative estimate of drug-likeness (QED) is 0.826. The lowest BCUT2D eigenvalue weighted by Gasteiger charge is -2.22. The van der Waals surface area contributed by atoms with Crippen molar-refractivity contribution in [2.24, 2.45) is 5.16 Å². The predicted molar refractivity (Wildman–Crippen MR) is 78.4 cm³/mol. The van der Waals surface area contributed by atoms with Gasteiger partial charge in [0.05, 0.1) is 10.6 Å². The Morgan fingerprint density at radius 2 is 2.12 bits per heavy atom. The topological polar surface area (TPSA) is 83.9 Å². The standard InChI is InChI=1S/C13H12ClF3N4O3/c1-6(22)9-4-10(24-20-9)12(23)19-21(2)11-8(14)3-7(5-18-11)13(15,16)17/h3,5,10H,4H2,1-2H3,(H,19,23)/t10-/m0/s1. The summed E-state index contributed by atoms with van der Waals surface area (Å²) in [5.41, 5.74) is 1.48. The van der Waals surface area contributed by atoms with Gasteiger partial charge in [0.1, 0.15) is 5.71 Å². The monoisotopic (exact) mass is 364 g/mol. The van der Waals surface area contributed by atoms with Crippen LogP contribution in [0, 0.1) is 0 Å². The summed E-state index contributed by atoms with van der Waals surface area (Å²) in [5.74, 6) is -1.04. The highest BCUT2D eigenvalue weighted by atomic mass is 35.5. The van der Waals surface area contributed by atoms with Gasteiger partial charge in [0, 0.05) is 26.6 Å². The molecule has 1 N–H and O–H groups in total. The maximum Gasteiger partial charge on any atom is 0.417 e. The van der Waals surface area contributed by atoms with E-state index in [0.29, 0.717) is 12.3 Å². The van der Waals surface area contributed by atoms with E-state index in [1.807, 2.05) is 0 Å². The van der Waals surface area contributed by atoms with Gasteiger partial charge in [-0.1, -0.05) is 16.8 Å². The molecule has 130 valence electrons. The molecule has 2 rings (SSSR count). The minimum Gasteiger partial charge on any atom is -0.382 e. The van der Waals surface area contributed by atoms with Crippen molar-refractivity contribution in [1.82, 2.24) is 10.4 Å². The Labute approximate surface area is 139 Å². The highest BCUT2D eigenvalue weighted by Crippen LogP contribution is 2.32. The number of carbonyl (C=O) groups is 2. The Balaban J connectivity index is 2.04. The van der Waals surface area contributed by atoms with Crippen LogP contribution in [0.3, 0.4) is 0 Å². The van der Waals surface area contributed by atoms with Crippen LogP contribution >= 0.6 is 11.6 Å². The number of aromatic nitrogens is 1. The van der Waals surface area contributed by atoms with Gasteiger partial charge in [-0.15, -0.1) is 0 Å². The fraction of sp³-hybridized carbons (Fsp3) is 0.385. The fourth-order valence-electron chi connectivity index (χ4n) is 1.85. The van der Waals surface area contributed by atoms with Crippen LogP contribution in [0.1, 0.15) is 18.9 Å². The molecule has 1 aromatic heterocycles. The molecule has 1 aliphatic rings. The maximum atomic E-state index is 12.6. The first kappa shape index (κ1) is 18.0. The summed E-state index contributed by atoms with van der Waals surface area (Å²) >= 11 is 5.78. The molecule has 0 aromatic carbocycles. The van der Waals surface area contributed by atoms with E-state index >= 15 is 0 Å². The SMILES string of the molecule is CC(=O)C1=NO[C@H](C(=O)NN(C)c2ncc(C(F)(F)F)cc2Cl)C1. The molecule has 1 atom stereocenters. The maximum absolute atomic E-state index is 12.6. The van der Waals surface area contributed by atoms with Gasteiger partial charge in [-0.05, 0) is 6.07 Å². The number of alkyl halides is 3. The highest BCUT2D eigenvalue weighted by Gasteiger charge is 2.33. The van der Waals surface area contributed by atoms with Crippen molar-refractivity contribution in [3.05, 3.63) is 22.8 Å². The summed E-state index contributed by atoms with van der Waals surface area (Å²) in [4.78, 5) is 31.6. The number of Topliss-reactive ketones (excluding diaryl/α,β-unsaturated/α-hetero) is 1. The number of nitrogens with zero attached hydrogens (tertiary/aromatic N) is 3. The molecule has 0 unspecified atom stereocenters. The number of amides is 1. The third-order valence-electron chi connectivity index (χ3n) is 3.11. The van der Waals surface area contributed by atoms with Gasteiger partial charge >= 0.3 is 6.18 Å². The van der Waals surface area contributed by atoms with Gasteiger partial charge in [-0.2, -0.15) is 13.2 Å². The van der Waals surface area contributed by atoms with Crippen LogP contribution in [-0.2, 0) is 20.6 Å². The summed E-state index contributed by atoms with van der Waals surface area (Å²) in [6.45, 7) is 1.29. The summed E-state index contributed by atoms with van der Waals surface area (Å²) in [6.07, 6.45) is -4.98. The first-order valence-corrected chi connectivity index (χ1v) is 6.98. The summed E-state index contributed by atoms with van der Waals surface area (Å²) in [7, 11) is 1.35. The average Bonchev–Trinajstić information content (AvgIpc) is 2.96. The second-order valence-electron chi connectivity index (χ2n) is 4.95. The van der Waals surface area contributed by atoms with Crippen molar-refractivity contribution < 1.29 is 27.6 Å². The molecular weight excluding hydrogens is 353 g/mol. The first-order valence-electron chi connectivity index (χ1n) is 6.60. The number of hydrogen-bond donors (Lipinski definition) is 1. The van der Waals surface area contributed by atoms with Gasteiger partial charge in [0.25, 0.3) is 5.91 Å². The zero-order chi connectivity index (χ0) is 18.1. The Morgan fingerprint density at radius 1 is 1.46 bits per heavy atom. The van der Waals surface area contributed by atoms with E-state index in [2.05, 4.69) is 15.6 Å². The predicted octanol–water partition coefficient (Wildman–Crippen LogP) is 1.96. The largest absolute Gasteiger partial charge is 0.417 e. The van der Waals surface area contributed by atoms with Gasteiger partial charge in [-0.3, -0.25) is 20.0 Å². The third kappa shape index (κ3) is 3.94. The van der Waals surface area contributed by atoms with Gasteiger partial charge < -0.3 is 4.84 Å². The second kappa shape index (κ2) is 6.63. The number of oxime groups is 1. The van der Waals surface area contributed by atoms with Gasteiger partial charge in [0.15, 0.2) is 11.6 Å². The molecule has 0 spiro atoms. The zero-order valence-corrected chi connectivity index (χ0v) is 13.3. The number of hydrazine groups is 1. The number of ketones is 1. The van der Waals surface area contributed by atoms with Crippen molar-refractivity contribution >= 4 is 34.8 Å². The number of pyridine rings is 1. The smallest absolute Gasteiger partial charge is 0.382 e. The minimum atomic E-state index is -4.57. The molecule has 24 heavy (non-hydrogen) atoms. The Kier molecular flexibility index (Phi) is 4.97. The zero-order valence-electron chi connectivity index (χ0n) is 12.5. The number of rotatable bonds is 4. The average molecular weight is 365 g/mol. The van der Waals surface area contributed by atoms with Crippen molar-refractivity contribution in [3.63, 3.8) is 0 Å². The molecule has 1 aliphatic heterocycles. The van der Waals surface area contributed by atoms with E-state index in [4.69, 9.17) is 16.4 Å². The molecule has 0 fully saturated rings. The third-order valence-corrected chi connectivity index (χ3v) is 3.39. The van der Waals surface area contributed by atoms with Gasteiger partial charge in [-0.25, -0.2) is 4.98 Å². The van der Waals surface area contributed by atoms with Crippen LogP contribution in [0.2, 0.25) is 5.02 Å². The van der Waals surface area contributed by atoms with E-state index < -0.39 is 23.8 Å². The fourth-order valence-corrected chi connectivity index (χ4v) is 2.14. The molecule has 2 heterocycles. The van der Waals surface area contributed by atoms with E-state index in [9.17, 15) is 22.8 Å². The molecule has 0 saturated carbocycles. The van der Waals surface area contributed by atoms with E-state index in [-0.39, 0.29) is 28.8 Å². The van der Waals surface area contributed by atoms with Crippen LogP contribution < -0.4 is 10.4 Å². The molecule has 7 nitrogen and oxygen atoms in total. The Bertz CT molecular complexity index is 708. The lowest BCUT2D eigenvalue weighted by molar-refractivity contribution is -0.138. The van der Waals surface area contributed by atoms with Crippen molar-refractivity contribution in [1.29, 1.82) is 0 Å². The van der Waals surface area contributed by atoms with Crippen molar-refractivity contribution in [2.45, 2.75) is 25.6 Å². The normalized spacial score (nSPS) is 17.1. The lowest BCUT2D eigenvalue weighted by atomic mass is 10.1. The minimum absolute atomic E-state index is 0.00315. The number of nitrogens with one attached hydrogen (secondary N) is 1. The molecule has 1 amide bonds. The first-order chi connectivity index (χ1) is 11.1. The van der Waals surface area contributed by atoms with Crippen molar-refractivity contribution in [2.75, 3.05) is 12.1 Å². The Hall–Kier alpha value is -2.36.